The lowest BCUT2D eigenvalue weighted by Gasteiger charge is -2.11. The summed E-state index contributed by atoms with van der Waals surface area (Å²) in [5, 5.41) is 2.74. The van der Waals surface area contributed by atoms with Crippen LogP contribution < -0.4 is 16.6 Å². The van der Waals surface area contributed by atoms with Crippen molar-refractivity contribution in [3.63, 3.8) is 0 Å². The molecule has 19 heavy (non-hydrogen) atoms. The van der Waals surface area contributed by atoms with Crippen LogP contribution in [0.5, 0.6) is 0 Å². The summed E-state index contributed by atoms with van der Waals surface area (Å²) in [5.41, 5.74) is 2.68. The zero-order chi connectivity index (χ0) is 13.9. The van der Waals surface area contributed by atoms with Crippen molar-refractivity contribution >= 4 is 17.3 Å². The molecule has 2 rings (SSSR count). The smallest absolute Gasteiger partial charge is 0.340 e. The summed E-state index contributed by atoms with van der Waals surface area (Å²) in [6, 6.07) is 9.96. The first kappa shape index (κ1) is 13.1. The molecule has 1 aromatic carbocycles. The number of nitrogens with zero attached hydrogens (tertiary/aromatic N) is 2. The van der Waals surface area contributed by atoms with Crippen molar-refractivity contribution < 1.29 is 13.2 Å². The van der Waals surface area contributed by atoms with Gasteiger partial charge in [-0.25, -0.2) is 15.8 Å². The molecule has 2 aromatic rings. The van der Waals surface area contributed by atoms with E-state index in [1.54, 1.807) is 30.3 Å². The number of para-hydroxylation sites is 1. The zero-order valence-corrected chi connectivity index (χ0v) is 9.57. The van der Waals surface area contributed by atoms with Crippen LogP contribution in [0.15, 0.2) is 36.4 Å². The third kappa shape index (κ3) is 3.32. The lowest BCUT2D eigenvalue weighted by Crippen LogP contribution is -2.16. The van der Waals surface area contributed by atoms with Gasteiger partial charge in [0.05, 0.1) is 0 Å². The van der Waals surface area contributed by atoms with Crippen LogP contribution in [-0.4, -0.2) is 9.97 Å². The summed E-state index contributed by atoms with van der Waals surface area (Å²) in [6.07, 6.45) is -4.64. The summed E-state index contributed by atoms with van der Waals surface area (Å²) in [6.45, 7) is 0. The number of alkyl halides is 3. The monoisotopic (exact) mass is 269 g/mol. The largest absolute Gasteiger partial charge is 0.451 e. The molecule has 0 amide bonds. The molecule has 8 heteroatoms. The summed E-state index contributed by atoms with van der Waals surface area (Å²) >= 11 is 0. The van der Waals surface area contributed by atoms with Crippen LogP contribution in [0.25, 0.3) is 0 Å². The average Bonchev–Trinajstić information content (AvgIpc) is 2.38. The number of hydrogen-bond acceptors (Lipinski definition) is 5. The fourth-order valence-corrected chi connectivity index (χ4v) is 1.38. The number of rotatable bonds is 3. The number of halogens is 3. The van der Waals surface area contributed by atoms with Crippen LogP contribution in [0.2, 0.25) is 0 Å². The van der Waals surface area contributed by atoms with E-state index in [4.69, 9.17) is 5.84 Å². The first-order chi connectivity index (χ1) is 8.99. The highest BCUT2D eigenvalue weighted by molar-refractivity contribution is 5.58. The van der Waals surface area contributed by atoms with Gasteiger partial charge in [-0.15, -0.1) is 0 Å². The summed E-state index contributed by atoms with van der Waals surface area (Å²) in [5.74, 6) is 3.70. The van der Waals surface area contributed by atoms with E-state index in [2.05, 4.69) is 20.7 Å². The molecule has 0 unspecified atom stereocenters. The van der Waals surface area contributed by atoms with Crippen LogP contribution in [0.3, 0.4) is 0 Å². The van der Waals surface area contributed by atoms with Gasteiger partial charge in [-0.3, -0.25) is 0 Å². The Morgan fingerprint density at radius 3 is 2.21 bits per heavy atom. The zero-order valence-electron chi connectivity index (χ0n) is 9.57. The molecule has 0 saturated heterocycles. The quantitative estimate of drug-likeness (QED) is 0.589. The van der Waals surface area contributed by atoms with Gasteiger partial charge in [0.15, 0.2) is 0 Å². The number of nitrogens with two attached hydrogens (primary N) is 1. The average molecular weight is 269 g/mol. The van der Waals surface area contributed by atoms with Crippen LogP contribution in [-0.2, 0) is 6.18 Å². The molecule has 0 bridgehead atoms. The lowest BCUT2D eigenvalue weighted by atomic mass is 10.3. The van der Waals surface area contributed by atoms with E-state index in [1.807, 2.05) is 0 Å². The summed E-state index contributed by atoms with van der Waals surface area (Å²) < 4.78 is 37.8. The Labute approximate surface area is 106 Å². The van der Waals surface area contributed by atoms with Crippen LogP contribution in [0, 0.1) is 0 Å². The molecule has 0 spiro atoms. The minimum atomic E-state index is -4.64. The molecule has 4 N–H and O–H groups in total. The molecule has 0 aliphatic rings. The number of anilines is 3. The van der Waals surface area contributed by atoms with Gasteiger partial charge < -0.3 is 10.7 Å². The molecule has 0 fully saturated rings. The molecule has 1 heterocycles. The summed E-state index contributed by atoms with van der Waals surface area (Å²) in [4.78, 5) is 6.66. The van der Waals surface area contributed by atoms with Crippen molar-refractivity contribution in [2.75, 3.05) is 10.7 Å². The molecular weight excluding hydrogens is 259 g/mol. The predicted octanol–water partition coefficient (Wildman–Crippen LogP) is 2.52. The SMILES string of the molecule is NNc1cc(Nc2ccccc2)nc(C(F)(F)F)n1. The Kier molecular flexibility index (Phi) is 3.52. The molecule has 0 atom stereocenters. The topological polar surface area (TPSA) is 75.9 Å². The van der Waals surface area contributed by atoms with Gasteiger partial charge in [-0.1, -0.05) is 18.2 Å². The van der Waals surface area contributed by atoms with Gasteiger partial charge in [0.2, 0.25) is 5.82 Å². The van der Waals surface area contributed by atoms with Crippen molar-refractivity contribution in [2.45, 2.75) is 6.18 Å². The second-order valence-electron chi connectivity index (χ2n) is 3.60. The number of hydrazine groups is 1. The van der Waals surface area contributed by atoms with Crippen molar-refractivity contribution in [1.29, 1.82) is 0 Å². The van der Waals surface area contributed by atoms with E-state index in [9.17, 15) is 13.2 Å². The highest BCUT2D eigenvalue weighted by Crippen LogP contribution is 2.28. The molecule has 0 saturated carbocycles. The normalized spacial score (nSPS) is 11.2. The maximum absolute atomic E-state index is 12.6. The van der Waals surface area contributed by atoms with Gasteiger partial charge in [0.25, 0.3) is 0 Å². The Balaban J connectivity index is 2.35. The van der Waals surface area contributed by atoms with Gasteiger partial charge in [-0.05, 0) is 12.1 Å². The number of nitrogen functional groups attached to an aromatic ring is 1. The van der Waals surface area contributed by atoms with E-state index >= 15 is 0 Å². The van der Waals surface area contributed by atoms with Crippen molar-refractivity contribution in [2.24, 2.45) is 5.84 Å². The highest BCUT2D eigenvalue weighted by atomic mass is 19.4. The molecule has 0 aliphatic carbocycles. The van der Waals surface area contributed by atoms with Crippen molar-refractivity contribution in [3.8, 4) is 0 Å². The third-order valence-electron chi connectivity index (χ3n) is 2.17. The summed E-state index contributed by atoms with van der Waals surface area (Å²) in [7, 11) is 0. The van der Waals surface area contributed by atoms with E-state index in [0.29, 0.717) is 5.69 Å². The first-order valence-corrected chi connectivity index (χ1v) is 5.24. The van der Waals surface area contributed by atoms with E-state index < -0.39 is 12.0 Å². The van der Waals surface area contributed by atoms with Gasteiger partial charge in [0.1, 0.15) is 11.6 Å². The Hall–Kier alpha value is -2.35. The van der Waals surface area contributed by atoms with Gasteiger partial charge >= 0.3 is 6.18 Å². The van der Waals surface area contributed by atoms with Crippen molar-refractivity contribution in [1.82, 2.24) is 9.97 Å². The fraction of sp³-hybridized carbons (Fsp3) is 0.0909. The van der Waals surface area contributed by atoms with Crippen LogP contribution in [0.4, 0.5) is 30.5 Å². The maximum atomic E-state index is 12.6. The Morgan fingerprint density at radius 1 is 1.00 bits per heavy atom. The Bertz CT molecular complexity index is 556. The molecule has 5 nitrogen and oxygen atoms in total. The number of hydrogen-bond donors (Lipinski definition) is 3. The van der Waals surface area contributed by atoms with Gasteiger partial charge in [-0.2, -0.15) is 13.2 Å². The van der Waals surface area contributed by atoms with E-state index in [-0.39, 0.29) is 11.6 Å². The van der Waals surface area contributed by atoms with Gasteiger partial charge in [0, 0.05) is 11.8 Å². The first-order valence-electron chi connectivity index (χ1n) is 5.24. The van der Waals surface area contributed by atoms with E-state index in [0.717, 1.165) is 0 Å². The molecule has 1 aromatic heterocycles. The second-order valence-corrected chi connectivity index (χ2v) is 3.60. The molecule has 0 aliphatic heterocycles. The predicted molar refractivity (Wildman–Crippen MR) is 64.6 cm³/mol. The molecular formula is C11H10F3N5. The Morgan fingerprint density at radius 2 is 1.63 bits per heavy atom. The number of benzene rings is 1. The third-order valence-corrected chi connectivity index (χ3v) is 2.17. The lowest BCUT2D eigenvalue weighted by molar-refractivity contribution is -0.144. The minimum Gasteiger partial charge on any atom is -0.340 e. The molecule has 100 valence electrons. The van der Waals surface area contributed by atoms with Crippen LogP contribution >= 0.6 is 0 Å². The number of aromatic nitrogens is 2. The van der Waals surface area contributed by atoms with E-state index in [1.165, 1.54) is 6.07 Å². The van der Waals surface area contributed by atoms with Crippen molar-refractivity contribution in [3.05, 3.63) is 42.2 Å². The fourth-order valence-electron chi connectivity index (χ4n) is 1.38. The molecule has 0 radical (unpaired) electrons. The minimum absolute atomic E-state index is 0.00137. The second kappa shape index (κ2) is 5.11. The number of nitrogens with one attached hydrogen (secondary N) is 2. The highest BCUT2D eigenvalue weighted by Gasteiger charge is 2.35. The maximum Gasteiger partial charge on any atom is 0.451 e. The standard InChI is InChI=1S/C11H10F3N5/c12-11(13,14)10-17-8(6-9(18-10)19-15)16-7-4-2-1-3-5-7/h1-6H,15H2,(H2,16,17,18,19). The van der Waals surface area contributed by atoms with Crippen LogP contribution in [0.1, 0.15) is 5.82 Å².